The van der Waals surface area contributed by atoms with Gasteiger partial charge in [0.25, 0.3) is 0 Å². The normalized spacial score (nSPS) is 13.1. The lowest BCUT2D eigenvalue weighted by Crippen LogP contribution is -2.24. The summed E-state index contributed by atoms with van der Waals surface area (Å²) >= 11 is 2.79. The third kappa shape index (κ3) is 6.05. The molecule has 164 valence electrons. The molecule has 9 heteroatoms. The minimum absolute atomic E-state index is 0.0842. The number of ether oxygens (including phenoxy) is 3. The van der Waals surface area contributed by atoms with Gasteiger partial charge in [-0.05, 0) is 68.8 Å². The highest BCUT2D eigenvalue weighted by Crippen LogP contribution is 2.32. The number of hydrogen-bond acceptors (Lipinski definition) is 7. The predicted molar refractivity (Wildman–Crippen MR) is 123 cm³/mol. The molecule has 0 aliphatic rings. The summed E-state index contributed by atoms with van der Waals surface area (Å²) in [6.45, 7) is 7.31. The minimum Gasteiger partial charge on any atom is -0.473 e. The maximum Gasteiger partial charge on any atom is 0.436 e. The molecule has 0 bridgehead atoms. The van der Waals surface area contributed by atoms with Crippen molar-refractivity contribution < 1.29 is 23.8 Å². The van der Waals surface area contributed by atoms with Crippen LogP contribution in [-0.2, 0) is 14.3 Å². The largest absolute Gasteiger partial charge is 0.473 e. The maximum atomic E-state index is 12.4. The van der Waals surface area contributed by atoms with E-state index < -0.39 is 23.8 Å². The number of carbonyl (C=O) groups is 2. The first-order valence-electron chi connectivity index (χ1n) is 9.64. The van der Waals surface area contributed by atoms with Crippen LogP contribution in [0.1, 0.15) is 43.6 Å². The summed E-state index contributed by atoms with van der Waals surface area (Å²) in [5.41, 5.74) is 5.36. The van der Waals surface area contributed by atoms with Crippen molar-refractivity contribution in [2.45, 2.75) is 39.4 Å². The molecular formula is C22H24N2O5S2. The number of aliphatic imine (C=N–C) groups is 1. The second kappa shape index (κ2) is 9.49. The van der Waals surface area contributed by atoms with Crippen molar-refractivity contribution in [2.24, 2.45) is 10.7 Å². The van der Waals surface area contributed by atoms with Gasteiger partial charge in [0.05, 0.1) is 16.4 Å². The number of fused-ring (bicyclic) bond motifs is 1. The van der Waals surface area contributed by atoms with Gasteiger partial charge in [-0.2, -0.15) is 4.99 Å². The number of nitrogens with zero attached hydrogens (tertiary/aromatic N) is 1. The molecule has 1 amide bonds. The Morgan fingerprint density at radius 1 is 1.19 bits per heavy atom. The summed E-state index contributed by atoms with van der Waals surface area (Å²) in [5, 5.41) is 2.80. The number of amidine groups is 1. The van der Waals surface area contributed by atoms with E-state index in [1.165, 1.54) is 22.7 Å². The van der Waals surface area contributed by atoms with Crippen molar-refractivity contribution in [1.82, 2.24) is 0 Å². The predicted octanol–water partition coefficient (Wildman–Crippen LogP) is 5.29. The number of hydrogen-bond donors (Lipinski definition) is 1. The second-order valence-corrected chi connectivity index (χ2v) is 9.62. The fraction of sp³-hybridized carbons (Fsp3) is 0.318. The molecule has 0 aliphatic heterocycles. The Hall–Kier alpha value is -2.91. The number of nitrogens with two attached hydrogens (primary N) is 1. The number of amides is 1. The topological polar surface area (TPSA) is 100 Å². The molecule has 31 heavy (non-hydrogen) atoms. The Kier molecular flexibility index (Phi) is 6.97. The third-order valence-corrected chi connectivity index (χ3v) is 5.94. The van der Waals surface area contributed by atoms with E-state index in [2.05, 4.69) is 4.99 Å². The summed E-state index contributed by atoms with van der Waals surface area (Å²) in [6, 6.07) is 11.0. The standard InChI is InChI=1S/C22H24N2O5S2/c1-5-27-20(25)18(15-7-6-10-30-15)28-14-9-8-13-11-17(31-16(13)12-14)19(23)24-21(26)29-22(2,3)4/h6-12,18H,5H2,1-4H3,(H2,23,24,26). The quantitative estimate of drug-likeness (QED) is 0.305. The van der Waals surface area contributed by atoms with Gasteiger partial charge in [0.15, 0.2) is 0 Å². The fourth-order valence-corrected chi connectivity index (χ4v) is 4.40. The monoisotopic (exact) mass is 460 g/mol. The molecule has 2 N–H and O–H groups in total. The zero-order valence-electron chi connectivity index (χ0n) is 17.7. The Morgan fingerprint density at radius 2 is 1.97 bits per heavy atom. The molecular weight excluding hydrogens is 436 g/mol. The highest BCUT2D eigenvalue weighted by Gasteiger charge is 2.25. The number of thiophene rings is 2. The molecule has 0 spiro atoms. The van der Waals surface area contributed by atoms with Crippen molar-refractivity contribution in [3.8, 4) is 5.75 Å². The number of esters is 1. The molecule has 0 saturated carbocycles. The van der Waals surface area contributed by atoms with Gasteiger partial charge >= 0.3 is 12.1 Å². The Balaban J connectivity index is 1.83. The van der Waals surface area contributed by atoms with Crippen LogP contribution in [0.5, 0.6) is 5.75 Å². The molecule has 0 aliphatic carbocycles. The first-order chi connectivity index (χ1) is 14.7. The van der Waals surface area contributed by atoms with Crippen LogP contribution in [0.4, 0.5) is 4.79 Å². The van der Waals surface area contributed by atoms with E-state index in [4.69, 9.17) is 19.9 Å². The summed E-state index contributed by atoms with van der Waals surface area (Å²) in [5.74, 6) is 0.168. The molecule has 1 aromatic carbocycles. The van der Waals surface area contributed by atoms with Crippen molar-refractivity contribution in [3.05, 3.63) is 51.5 Å². The number of carbonyl (C=O) groups excluding carboxylic acids is 2. The molecule has 1 unspecified atom stereocenters. The highest BCUT2D eigenvalue weighted by atomic mass is 32.1. The molecule has 3 aromatic rings. The van der Waals surface area contributed by atoms with E-state index in [0.717, 1.165) is 15.0 Å². The zero-order chi connectivity index (χ0) is 22.6. The first kappa shape index (κ1) is 22.8. The molecule has 0 fully saturated rings. The van der Waals surface area contributed by atoms with E-state index in [1.54, 1.807) is 33.8 Å². The molecule has 0 radical (unpaired) electrons. The third-order valence-electron chi connectivity index (χ3n) is 3.91. The van der Waals surface area contributed by atoms with Gasteiger partial charge in [-0.15, -0.1) is 22.7 Å². The van der Waals surface area contributed by atoms with Gasteiger partial charge in [-0.3, -0.25) is 0 Å². The Morgan fingerprint density at radius 3 is 2.61 bits per heavy atom. The molecule has 3 rings (SSSR count). The van der Waals surface area contributed by atoms with E-state index in [9.17, 15) is 9.59 Å². The van der Waals surface area contributed by atoms with E-state index in [0.29, 0.717) is 10.6 Å². The van der Waals surface area contributed by atoms with Crippen LogP contribution in [0.3, 0.4) is 0 Å². The zero-order valence-corrected chi connectivity index (χ0v) is 19.3. The SMILES string of the molecule is CCOC(=O)C(Oc1ccc2cc(C(N)=NC(=O)OC(C)(C)C)sc2c1)c1cccs1. The van der Waals surface area contributed by atoms with Crippen LogP contribution in [0, 0.1) is 0 Å². The lowest BCUT2D eigenvalue weighted by Gasteiger charge is -2.17. The number of rotatable bonds is 6. The first-order valence-corrected chi connectivity index (χ1v) is 11.3. The molecule has 2 heterocycles. The second-order valence-electron chi connectivity index (χ2n) is 7.55. The van der Waals surface area contributed by atoms with Crippen molar-refractivity contribution in [2.75, 3.05) is 6.61 Å². The van der Waals surface area contributed by atoms with Gasteiger partial charge in [0, 0.05) is 4.70 Å². The summed E-state index contributed by atoms with van der Waals surface area (Å²) in [4.78, 5) is 29.5. The van der Waals surface area contributed by atoms with Gasteiger partial charge in [0.1, 0.15) is 17.2 Å². The highest BCUT2D eigenvalue weighted by molar-refractivity contribution is 7.20. The Labute approximate surface area is 188 Å². The van der Waals surface area contributed by atoms with E-state index in [-0.39, 0.29) is 12.4 Å². The summed E-state index contributed by atoms with van der Waals surface area (Å²) < 4.78 is 17.2. The van der Waals surface area contributed by atoms with Crippen molar-refractivity contribution in [1.29, 1.82) is 0 Å². The smallest absolute Gasteiger partial charge is 0.436 e. The molecule has 7 nitrogen and oxygen atoms in total. The van der Waals surface area contributed by atoms with E-state index >= 15 is 0 Å². The molecule has 1 atom stereocenters. The summed E-state index contributed by atoms with van der Waals surface area (Å²) in [6.07, 6.45) is -1.57. The van der Waals surface area contributed by atoms with Gasteiger partial charge in [-0.25, -0.2) is 9.59 Å². The average Bonchev–Trinajstić information content (AvgIpc) is 3.34. The van der Waals surface area contributed by atoms with Crippen LogP contribution in [-0.4, -0.2) is 30.1 Å². The van der Waals surface area contributed by atoms with Gasteiger partial charge in [0.2, 0.25) is 6.10 Å². The minimum atomic E-state index is -0.837. The fourth-order valence-electron chi connectivity index (χ4n) is 2.67. The number of benzene rings is 1. The Bertz CT molecular complexity index is 1100. The van der Waals surface area contributed by atoms with Crippen molar-refractivity contribution >= 4 is 50.7 Å². The average molecular weight is 461 g/mol. The van der Waals surface area contributed by atoms with Crippen LogP contribution in [0.25, 0.3) is 10.1 Å². The van der Waals surface area contributed by atoms with Crippen molar-refractivity contribution in [3.63, 3.8) is 0 Å². The summed E-state index contributed by atoms with van der Waals surface area (Å²) in [7, 11) is 0. The van der Waals surface area contributed by atoms with Gasteiger partial charge < -0.3 is 19.9 Å². The molecule has 2 aromatic heterocycles. The molecule has 0 saturated heterocycles. The van der Waals surface area contributed by atoms with Crippen LogP contribution >= 0.6 is 22.7 Å². The lowest BCUT2D eigenvalue weighted by molar-refractivity contribution is -0.151. The van der Waals surface area contributed by atoms with E-state index in [1.807, 2.05) is 35.7 Å². The van der Waals surface area contributed by atoms with Crippen LogP contribution in [0.2, 0.25) is 0 Å². The van der Waals surface area contributed by atoms with Crippen LogP contribution in [0.15, 0.2) is 46.8 Å². The van der Waals surface area contributed by atoms with Gasteiger partial charge in [-0.1, -0.05) is 6.07 Å². The van der Waals surface area contributed by atoms with Crippen LogP contribution < -0.4 is 10.5 Å². The maximum absolute atomic E-state index is 12.4. The lowest BCUT2D eigenvalue weighted by atomic mass is 10.2.